The zero-order valence-corrected chi connectivity index (χ0v) is 10.3. The van der Waals surface area contributed by atoms with E-state index >= 15 is 0 Å². The molecule has 0 fully saturated rings. The molecule has 0 aromatic carbocycles. The van der Waals surface area contributed by atoms with Gasteiger partial charge in [-0.2, -0.15) is 0 Å². The van der Waals surface area contributed by atoms with E-state index < -0.39 is 23.5 Å². The molecule has 0 aliphatic carbocycles. The molecular formula is C11H18N2O4. The van der Waals surface area contributed by atoms with Crippen molar-refractivity contribution in [1.29, 1.82) is 0 Å². The first-order chi connectivity index (χ1) is 7.82. The van der Waals surface area contributed by atoms with E-state index in [1.165, 1.54) is 17.7 Å². The third kappa shape index (κ3) is 3.28. The molecule has 0 saturated heterocycles. The Morgan fingerprint density at radius 2 is 1.71 bits per heavy atom. The molecule has 1 aromatic rings. The lowest BCUT2D eigenvalue weighted by Crippen LogP contribution is -2.43. The Hall–Kier alpha value is -1.40. The molecule has 17 heavy (non-hydrogen) atoms. The van der Waals surface area contributed by atoms with Crippen molar-refractivity contribution in [2.24, 2.45) is 0 Å². The molecule has 1 heterocycles. The van der Waals surface area contributed by atoms with Gasteiger partial charge in [-0.05, 0) is 20.8 Å². The van der Waals surface area contributed by atoms with Crippen LogP contribution in [0.25, 0.3) is 0 Å². The maximum absolute atomic E-state index is 11.9. The normalized spacial score (nSPS) is 14.6. The molecule has 0 aliphatic heterocycles. The molecule has 2 atom stereocenters. The first-order valence-corrected chi connectivity index (χ1v) is 5.50. The monoisotopic (exact) mass is 242 g/mol. The van der Waals surface area contributed by atoms with Gasteiger partial charge in [0.05, 0.1) is 25.3 Å². The van der Waals surface area contributed by atoms with Crippen molar-refractivity contribution in [3.63, 3.8) is 0 Å². The molecule has 0 spiro atoms. The molecule has 0 radical (unpaired) electrons. The zero-order valence-electron chi connectivity index (χ0n) is 10.3. The largest absolute Gasteiger partial charge is 0.392 e. The van der Waals surface area contributed by atoms with Gasteiger partial charge in [-0.15, -0.1) is 0 Å². The number of rotatable bonds is 4. The second-order valence-electron chi connectivity index (χ2n) is 4.36. The summed E-state index contributed by atoms with van der Waals surface area (Å²) in [5.74, 6) is 0. The fraction of sp³-hybridized carbons (Fsp3) is 0.636. The van der Waals surface area contributed by atoms with E-state index in [0.717, 1.165) is 4.57 Å². The van der Waals surface area contributed by atoms with E-state index in [1.807, 2.05) is 0 Å². The van der Waals surface area contributed by atoms with Crippen LogP contribution in [0.15, 0.2) is 15.8 Å². The summed E-state index contributed by atoms with van der Waals surface area (Å²) in [4.78, 5) is 23.7. The second kappa shape index (κ2) is 5.29. The zero-order chi connectivity index (χ0) is 13.2. The van der Waals surface area contributed by atoms with Crippen molar-refractivity contribution in [3.05, 3.63) is 32.6 Å². The quantitative estimate of drug-likeness (QED) is 0.715. The van der Waals surface area contributed by atoms with Crippen molar-refractivity contribution in [3.8, 4) is 0 Å². The minimum atomic E-state index is -0.776. The predicted molar refractivity (Wildman–Crippen MR) is 63.1 cm³/mol. The fourth-order valence-corrected chi connectivity index (χ4v) is 1.64. The van der Waals surface area contributed by atoms with Gasteiger partial charge in [0, 0.05) is 11.8 Å². The van der Waals surface area contributed by atoms with Crippen molar-refractivity contribution < 1.29 is 10.2 Å². The van der Waals surface area contributed by atoms with Gasteiger partial charge in [0.1, 0.15) is 0 Å². The summed E-state index contributed by atoms with van der Waals surface area (Å²) in [5, 5.41) is 18.5. The Morgan fingerprint density at radius 3 is 2.18 bits per heavy atom. The van der Waals surface area contributed by atoms with Gasteiger partial charge in [-0.25, -0.2) is 4.79 Å². The van der Waals surface area contributed by atoms with Crippen LogP contribution < -0.4 is 11.2 Å². The average Bonchev–Trinajstić information content (AvgIpc) is 2.20. The van der Waals surface area contributed by atoms with Crippen LogP contribution in [0, 0.1) is 6.92 Å². The highest BCUT2D eigenvalue weighted by molar-refractivity contribution is 5.03. The van der Waals surface area contributed by atoms with Gasteiger partial charge in [-0.3, -0.25) is 13.9 Å². The fourth-order valence-electron chi connectivity index (χ4n) is 1.64. The minimum Gasteiger partial charge on any atom is -0.392 e. The molecule has 1 rings (SSSR count). The highest BCUT2D eigenvalue weighted by atomic mass is 16.3. The molecule has 0 bridgehead atoms. The Labute approximate surface area is 98.8 Å². The number of aromatic nitrogens is 2. The summed E-state index contributed by atoms with van der Waals surface area (Å²) >= 11 is 0. The van der Waals surface area contributed by atoms with Gasteiger partial charge in [0.2, 0.25) is 0 Å². The van der Waals surface area contributed by atoms with E-state index in [2.05, 4.69) is 0 Å². The van der Waals surface area contributed by atoms with E-state index in [9.17, 15) is 19.8 Å². The Balaban J connectivity index is 3.33. The summed E-state index contributed by atoms with van der Waals surface area (Å²) in [6, 6.07) is 0. The van der Waals surface area contributed by atoms with Gasteiger partial charge in [0.15, 0.2) is 0 Å². The van der Waals surface area contributed by atoms with Crippen molar-refractivity contribution in [2.75, 3.05) is 0 Å². The number of aliphatic hydroxyl groups excluding tert-OH is 2. The van der Waals surface area contributed by atoms with Crippen LogP contribution >= 0.6 is 0 Å². The van der Waals surface area contributed by atoms with Crippen LogP contribution in [0.5, 0.6) is 0 Å². The maximum atomic E-state index is 11.9. The summed E-state index contributed by atoms with van der Waals surface area (Å²) in [6.45, 7) is 4.75. The highest BCUT2D eigenvalue weighted by Gasteiger charge is 2.11. The molecule has 6 heteroatoms. The van der Waals surface area contributed by atoms with E-state index in [1.54, 1.807) is 13.8 Å². The van der Waals surface area contributed by atoms with Crippen molar-refractivity contribution >= 4 is 0 Å². The van der Waals surface area contributed by atoms with E-state index in [4.69, 9.17) is 0 Å². The summed E-state index contributed by atoms with van der Waals surface area (Å²) in [5.41, 5.74) is -0.508. The van der Waals surface area contributed by atoms with Crippen LogP contribution in [-0.4, -0.2) is 31.6 Å². The second-order valence-corrected chi connectivity index (χ2v) is 4.36. The van der Waals surface area contributed by atoms with Crippen LogP contribution in [0.3, 0.4) is 0 Å². The molecule has 1 aromatic heterocycles. The first kappa shape index (κ1) is 13.7. The van der Waals surface area contributed by atoms with Crippen LogP contribution in [0.1, 0.15) is 19.4 Å². The van der Waals surface area contributed by atoms with E-state index in [-0.39, 0.29) is 13.1 Å². The molecule has 0 aliphatic rings. The van der Waals surface area contributed by atoms with Gasteiger partial charge < -0.3 is 10.2 Å². The standard InChI is InChI=1S/C11H18N2O4/c1-7-4-12(5-8(2)14)11(17)13(10(7)16)6-9(3)15/h4,8-9,14-15H,5-6H2,1-3H3. The third-order valence-electron chi connectivity index (χ3n) is 2.32. The van der Waals surface area contributed by atoms with Crippen LogP contribution in [-0.2, 0) is 13.1 Å². The third-order valence-corrected chi connectivity index (χ3v) is 2.32. The number of hydrogen-bond acceptors (Lipinski definition) is 4. The average molecular weight is 242 g/mol. The predicted octanol–water partition coefficient (Wildman–Crippen LogP) is -0.920. The molecule has 96 valence electrons. The topological polar surface area (TPSA) is 84.5 Å². The van der Waals surface area contributed by atoms with Crippen LogP contribution in [0.4, 0.5) is 0 Å². The lowest BCUT2D eigenvalue weighted by molar-refractivity contribution is 0.161. The lowest BCUT2D eigenvalue weighted by Gasteiger charge is -2.13. The number of nitrogens with zero attached hydrogens (tertiary/aromatic N) is 2. The van der Waals surface area contributed by atoms with E-state index in [0.29, 0.717) is 5.56 Å². The Kier molecular flexibility index (Phi) is 4.25. The number of hydrogen-bond donors (Lipinski definition) is 2. The minimum absolute atomic E-state index is 0.0425. The van der Waals surface area contributed by atoms with Gasteiger partial charge in [-0.1, -0.05) is 0 Å². The lowest BCUT2D eigenvalue weighted by atomic mass is 10.3. The molecular weight excluding hydrogens is 224 g/mol. The Bertz CT molecular complexity index is 499. The first-order valence-electron chi connectivity index (χ1n) is 5.50. The number of aryl methyl sites for hydroxylation is 1. The van der Waals surface area contributed by atoms with Crippen LogP contribution in [0.2, 0.25) is 0 Å². The number of aliphatic hydroxyl groups is 2. The SMILES string of the molecule is Cc1cn(CC(C)O)c(=O)n(CC(C)O)c1=O. The molecule has 2 unspecified atom stereocenters. The van der Waals surface area contributed by atoms with Gasteiger partial charge >= 0.3 is 5.69 Å². The molecule has 0 amide bonds. The Morgan fingerprint density at radius 1 is 1.18 bits per heavy atom. The van der Waals surface area contributed by atoms with Crippen molar-refractivity contribution in [1.82, 2.24) is 9.13 Å². The van der Waals surface area contributed by atoms with Crippen molar-refractivity contribution in [2.45, 2.75) is 46.1 Å². The summed E-state index contributed by atoms with van der Waals surface area (Å²) in [7, 11) is 0. The van der Waals surface area contributed by atoms with Gasteiger partial charge in [0.25, 0.3) is 5.56 Å². The maximum Gasteiger partial charge on any atom is 0.331 e. The summed E-state index contributed by atoms with van der Waals surface area (Å²) < 4.78 is 2.27. The summed E-state index contributed by atoms with van der Waals surface area (Å²) in [6.07, 6.45) is -0.0255. The highest BCUT2D eigenvalue weighted by Crippen LogP contribution is 1.92. The smallest absolute Gasteiger partial charge is 0.331 e. The molecule has 2 N–H and O–H groups in total. The molecule has 0 saturated carbocycles. The molecule has 6 nitrogen and oxygen atoms in total.